The van der Waals surface area contributed by atoms with E-state index >= 15 is 0 Å². The van der Waals surface area contributed by atoms with Crippen molar-refractivity contribution in [2.24, 2.45) is 0 Å². The zero-order valence-electron chi connectivity index (χ0n) is 7.58. The van der Waals surface area contributed by atoms with E-state index in [0.29, 0.717) is 0 Å². The Kier molecular flexibility index (Phi) is 3.88. The normalized spacial score (nSPS) is 12.7. The average molecular weight is 367 g/mol. The summed E-state index contributed by atoms with van der Waals surface area (Å²) in [5.41, 5.74) is 2.47. The molecule has 0 fully saturated rings. The number of benzene rings is 1. The van der Waals surface area contributed by atoms with E-state index in [-0.39, 0.29) is 4.83 Å². The zero-order valence-corrected chi connectivity index (χ0v) is 12.3. The van der Waals surface area contributed by atoms with Crippen LogP contribution in [0.3, 0.4) is 0 Å². The molecule has 15 heavy (non-hydrogen) atoms. The van der Waals surface area contributed by atoms with Crippen molar-refractivity contribution in [2.45, 2.75) is 4.83 Å². The van der Waals surface area contributed by atoms with Gasteiger partial charge in [-0.25, -0.2) is 0 Å². The molecule has 1 atom stereocenters. The van der Waals surface area contributed by atoms with E-state index in [1.54, 1.807) is 11.3 Å². The molecule has 0 saturated carbocycles. The molecule has 0 aliphatic heterocycles. The van der Waals surface area contributed by atoms with E-state index < -0.39 is 0 Å². The van der Waals surface area contributed by atoms with E-state index in [0.717, 1.165) is 8.81 Å². The van der Waals surface area contributed by atoms with Crippen LogP contribution in [-0.4, -0.2) is 0 Å². The fourth-order valence-electron chi connectivity index (χ4n) is 1.28. The van der Waals surface area contributed by atoms with Gasteiger partial charge in [0.1, 0.15) is 0 Å². The number of hydrogen-bond donors (Lipinski definition) is 0. The van der Waals surface area contributed by atoms with Crippen LogP contribution in [0.1, 0.15) is 16.0 Å². The first-order chi connectivity index (χ1) is 7.16. The van der Waals surface area contributed by atoms with Crippen molar-refractivity contribution in [3.8, 4) is 0 Å². The molecule has 0 radical (unpaired) electrons. The minimum absolute atomic E-state index is 0.234. The third kappa shape index (κ3) is 2.84. The quantitative estimate of drug-likeness (QED) is 0.603. The van der Waals surface area contributed by atoms with Gasteiger partial charge < -0.3 is 0 Å². The molecule has 1 heterocycles. The third-order valence-corrected chi connectivity index (χ3v) is 4.88. The molecule has 0 saturated heterocycles. The molecule has 2 aromatic rings. The van der Waals surface area contributed by atoms with Crippen LogP contribution in [0.25, 0.3) is 0 Å². The summed E-state index contributed by atoms with van der Waals surface area (Å²) >= 11 is 14.7. The van der Waals surface area contributed by atoms with Crippen LogP contribution in [0, 0.1) is 0 Å². The van der Waals surface area contributed by atoms with Gasteiger partial charge in [0, 0.05) is 5.02 Å². The minimum atomic E-state index is 0.234. The van der Waals surface area contributed by atoms with Crippen LogP contribution < -0.4 is 0 Å². The second-order valence-electron chi connectivity index (χ2n) is 3.10. The van der Waals surface area contributed by atoms with Crippen molar-refractivity contribution < 1.29 is 0 Å². The summed E-state index contributed by atoms with van der Waals surface area (Å²) in [7, 11) is 0. The Morgan fingerprint density at radius 2 is 1.80 bits per heavy atom. The molecule has 1 unspecified atom stereocenters. The average Bonchev–Trinajstić information content (AvgIpc) is 2.65. The molecule has 78 valence electrons. The predicted molar refractivity (Wildman–Crippen MR) is 74.2 cm³/mol. The third-order valence-electron chi connectivity index (χ3n) is 2.04. The topological polar surface area (TPSA) is 0 Å². The maximum absolute atomic E-state index is 5.85. The summed E-state index contributed by atoms with van der Waals surface area (Å²) in [5.74, 6) is 0. The Morgan fingerprint density at radius 1 is 1.13 bits per heavy atom. The number of rotatable bonds is 2. The van der Waals surface area contributed by atoms with Gasteiger partial charge in [-0.2, -0.15) is 0 Å². The van der Waals surface area contributed by atoms with Crippen LogP contribution in [0.15, 0.2) is 39.5 Å². The van der Waals surface area contributed by atoms with E-state index in [4.69, 9.17) is 11.6 Å². The Morgan fingerprint density at radius 3 is 2.33 bits per heavy atom. The fraction of sp³-hybridized carbons (Fsp3) is 0.0909. The highest BCUT2D eigenvalue weighted by atomic mass is 79.9. The molecule has 0 bridgehead atoms. The van der Waals surface area contributed by atoms with Gasteiger partial charge in [0.15, 0.2) is 0 Å². The Hall–Kier alpha value is 0.170. The van der Waals surface area contributed by atoms with Crippen LogP contribution >= 0.6 is 54.8 Å². The molecule has 0 nitrogen and oxygen atoms in total. The maximum atomic E-state index is 5.85. The van der Waals surface area contributed by atoms with Crippen molar-refractivity contribution in [2.75, 3.05) is 0 Å². The second-order valence-corrected chi connectivity index (χ2v) is 6.74. The van der Waals surface area contributed by atoms with Gasteiger partial charge in [0.25, 0.3) is 0 Å². The summed E-state index contributed by atoms with van der Waals surface area (Å²) in [5, 5.41) is 2.91. The Labute approximate surface area is 115 Å². The first kappa shape index (κ1) is 11.6. The van der Waals surface area contributed by atoms with Crippen LogP contribution in [0.5, 0.6) is 0 Å². The first-order valence-electron chi connectivity index (χ1n) is 4.30. The van der Waals surface area contributed by atoms with Crippen LogP contribution in [-0.2, 0) is 0 Å². The SMILES string of the molecule is Clc1ccc(C(Br)c2csc(Br)c2)cc1. The van der Waals surface area contributed by atoms with E-state index in [1.165, 1.54) is 11.1 Å². The van der Waals surface area contributed by atoms with Crippen LogP contribution in [0.4, 0.5) is 0 Å². The lowest BCUT2D eigenvalue weighted by atomic mass is 10.1. The second kappa shape index (κ2) is 5.00. The molecule has 0 aliphatic carbocycles. The van der Waals surface area contributed by atoms with Crippen molar-refractivity contribution in [1.29, 1.82) is 0 Å². The lowest BCUT2D eigenvalue weighted by molar-refractivity contribution is 1.19. The summed E-state index contributed by atoms with van der Waals surface area (Å²) < 4.78 is 1.15. The molecule has 1 aromatic carbocycles. The zero-order chi connectivity index (χ0) is 10.8. The molecular formula is C11H7Br2ClS. The van der Waals surface area contributed by atoms with Gasteiger partial charge in [0.2, 0.25) is 0 Å². The van der Waals surface area contributed by atoms with Crippen molar-refractivity contribution >= 4 is 54.8 Å². The van der Waals surface area contributed by atoms with Gasteiger partial charge in [-0.1, -0.05) is 39.7 Å². The van der Waals surface area contributed by atoms with E-state index in [9.17, 15) is 0 Å². The number of alkyl halides is 1. The van der Waals surface area contributed by atoms with Crippen molar-refractivity contribution in [3.63, 3.8) is 0 Å². The first-order valence-corrected chi connectivity index (χ1v) is 7.27. The highest BCUT2D eigenvalue weighted by molar-refractivity contribution is 9.11. The molecule has 0 spiro atoms. The molecule has 1 aromatic heterocycles. The number of hydrogen-bond acceptors (Lipinski definition) is 1. The molecule has 4 heteroatoms. The monoisotopic (exact) mass is 364 g/mol. The molecule has 0 aliphatic rings. The summed E-state index contributed by atoms with van der Waals surface area (Å²) in [4.78, 5) is 0.234. The summed E-state index contributed by atoms with van der Waals surface area (Å²) in [6, 6.07) is 10.0. The summed E-state index contributed by atoms with van der Waals surface area (Å²) in [6.07, 6.45) is 0. The minimum Gasteiger partial charge on any atom is -0.136 e. The van der Waals surface area contributed by atoms with E-state index in [2.05, 4.69) is 43.3 Å². The smallest absolute Gasteiger partial charge is 0.0701 e. The molecular weight excluding hydrogens is 359 g/mol. The molecule has 2 rings (SSSR count). The van der Waals surface area contributed by atoms with Gasteiger partial charge in [0.05, 0.1) is 8.61 Å². The van der Waals surface area contributed by atoms with Gasteiger partial charge >= 0.3 is 0 Å². The Bertz CT molecular complexity index is 450. The highest BCUT2D eigenvalue weighted by Gasteiger charge is 2.11. The van der Waals surface area contributed by atoms with Crippen molar-refractivity contribution in [3.05, 3.63) is 55.6 Å². The Balaban J connectivity index is 2.28. The number of halogens is 3. The molecule has 0 amide bonds. The van der Waals surface area contributed by atoms with Gasteiger partial charge in [-0.05, 0) is 50.6 Å². The maximum Gasteiger partial charge on any atom is 0.0701 e. The lowest BCUT2D eigenvalue weighted by Gasteiger charge is -2.07. The summed E-state index contributed by atoms with van der Waals surface area (Å²) in [6.45, 7) is 0. The number of thiophene rings is 1. The van der Waals surface area contributed by atoms with E-state index in [1.807, 2.05) is 24.3 Å². The highest BCUT2D eigenvalue weighted by Crippen LogP contribution is 2.35. The fourth-order valence-corrected chi connectivity index (χ4v) is 3.35. The standard InChI is InChI=1S/C11H7Br2ClS/c12-10-5-8(6-15-10)11(13)7-1-3-9(14)4-2-7/h1-6,11H. The predicted octanol–water partition coefficient (Wildman–Crippen LogP) is 5.65. The molecule has 0 N–H and O–H groups in total. The largest absolute Gasteiger partial charge is 0.136 e. The van der Waals surface area contributed by atoms with Crippen molar-refractivity contribution in [1.82, 2.24) is 0 Å². The van der Waals surface area contributed by atoms with Gasteiger partial charge in [-0.3, -0.25) is 0 Å². The van der Waals surface area contributed by atoms with Gasteiger partial charge in [-0.15, -0.1) is 11.3 Å². The van der Waals surface area contributed by atoms with Crippen LogP contribution in [0.2, 0.25) is 5.02 Å². The lowest BCUT2D eigenvalue weighted by Crippen LogP contribution is -1.89.